The Morgan fingerprint density at radius 1 is 1.00 bits per heavy atom. The summed E-state index contributed by atoms with van der Waals surface area (Å²) in [6.45, 7) is 0.750. The summed E-state index contributed by atoms with van der Waals surface area (Å²) in [6, 6.07) is 14.6. The fourth-order valence-corrected chi connectivity index (χ4v) is 1.66. The van der Waals surface area contributed by atoms with Gasteiger partial charge in [0.15, 0.2) is 0 Å². The van der Waals surface area contributed by atoms with Gasteiger partial charge in [-0.05, 0) is 37.1 Å². The summed E-state index contributed by atoms with van der Waals surface area (Å²) in [6.07, 6.45) is 2.07. The predicted molar refractivity (Wildman–Crippen MR) is 63.6 cm³/mol. The third kappa shape index (κ3) is 2.48. The first-order valence-corrected chi connectivity index (χ1v) is 5.33. The van der Waals surface area contributed by atoms with Crippen LogP contribution in [0.5, 0.6) is 0 Å². The van der Waals surface area contributed by atoms with Gasteiger partial charge in [-0.3, -0.25) is 0 Å². The minimum absolute atomic E-state index is 0.750. The summed E-state index contributed by atoms with van der Waals surface area (Å²) in [5, 5.41) is 0. The topological polar surface area (TPSA) is 41.8 Å². The molecule has 0 bridgehead atoms. The highest BCUT2D eigenvalue weighted by Crippen LogP contribution is 2.18. The summed E-state index contributed by atoms with van der Waals surface area (Å²) in [5.41, 5.74) is 9.16. The van der Waals surface area contributed by atoms with E-state index in [0.29, 0.717) is 0 Å². The lowest BCUT2D eigenvalue weighted by Crippen LogP contribution is -2.00. The second-order valence-electron chi connectivity index (χ2n) is 3.66. The first-order chi connectivity index (χ1) is 7.40. The van der Waals surface area contributed by atoms with Crippen LogP contribution in [0.3, 0.4) is 0 Å². The van der Waals surface area contributed by atoms with Crippen molar-refractivity contribution in [2.24, 2.45) is 5.73 Å². The Kier molecular flexibility index (Phi) is 3.20. The fourth-order valence-electron chi connectivity index (χ4n) is 1.66. The molecule has 2 rings (SSSR count). The van der Waals surface area contributed by atoms with E-state index in [0.717, 1.165) is 19.4 Å². The molecule has 0 saturated heterocycles. The Balaban J connectivity index is 2.14. The van der Waals surface area contributed by atoms with Gasteiger partial charge >= 0.3 is 0 Å². The predicted octanol–water partition coefficient (Wildman–Crippen LogP) is 2.57. The molecule has 0 saturated carbocycles. The number of rotatable bonds is 4. The SMILES string of the molecule is NCCCc1ccc(-c2ccccc2)[nH]1. The molecule has 3 N–H and O–H groups in total. The molecule has 0 aliphatic heterocycles. The van der Waals surface area contributed by atoms with Crippen molar-refractivity contribution >= 4 is 0 Å². The molecule has 0 spiro atoms. The van der Waals surface area contributed by atoms with E-state index in [-0.39, 0.29) is 0 Å². The molecule has 1 aromatic heterocycles. The second kappa shape index (κ2) is 4.80. The van der Waals surface area contributed by atoms with Crippen molar-refractivity contribution < 1.29 is 0 Å². The number of H-pyrrole nitrogens is 1. The van der Waals surface area contributed by atoms with Crippen molar-refractivity contribution in [3.63, 3.8) is 0 Å². The van der Waals surface area contributed by atoms with Gasteiger partial charge in [-0.15, -0.1) is 0 Å². The maximum absolute atomic E-state index is 5.48. The third-order valence-electron chi connectivity index (χ3n) is 2.48. The normalized spacial score (nSPS) is 10.5. The monoisotopic (exact) mass is 200 g/mol. The molecule has 15 heavy (non-hydrogen) atoms. The van der Waals surface area contributed by atoms with Crippen LogP contribution < -0.4 is 5.73 Å². The molecule has 0 atom stereocenters. The average Bonchev–Trinajstić information content (AvgIpc) is 2.76. The van der Waals surface area contributed by atoms with Crippen molar-refractivity contribution in [3.05, 3.63) is 48.2 Å². The van der Waals surface area contributed by atoms with Crippen LogP contribution in [0.4, 0.5) is 0 Å². The van der Waals surface area contributed by atoms with Crippen LogP contribution in [-0.2, 0) is 6.42 Å². The van der Waals surface area contributed by atoms with E-state index < -0.39 is 0 Å². The molecular weight excluding hydrogens is 184 g/mol. The average molecular weight is 200 g/mol. The molecule has 0 aliphatic rings. The van der Waals surface area contributed by atoms with Gasteiger partial charge in [-0.25, -0.2) is 0 Å². The van der Waals surface area contributed by atoms with Crippen LogP contribution in [0.15, 0.2) is 42.5 Å². The van der Waals surface area contributed by atoms with Gasteiger partial charge in [0.25, 0.3) is 0 Å². The third-order valence-corrected chi connectivity index (χ3v) is 2.48. The Bertz CT molecular complexity index is 403. The van der Waals surface area contributed by atoms with Crippen molar-refractivity contribution in [2.75, 3.05) is 6.54 Å². The van der Waals surface area contributed by atoms with Gasteiger partial charge in [-0.2, -0.15) is 0 Å². The highest BCUT2D eigenvalue weighted by molar-refractivity contribution is 5.59. The number of hydrogen-bond acceptors (Lipinski definition) is 1. The lowest BCUT2D eigenvalue weighted by molar-refractivity contribution is 0.816. The first kappa shape index (κ1) is 9.99. The molecule has 2 aromatic rings. The molecule has 0 fully saturated rings. The van der Waals surface area contributed by atoms with Gasteiger partial charge < -0.3 is 10.7 Å². The Morgan fingerprint density at radius 2 is 1.80 bits per heavy atom. The number of aromatic amines is 1. The molecule has 0 aliphatic carbocycles. The second-order valence-corrected chi connectivity index (χ2v) is 3.66. The van der Waals surface area contributed by atoms with E-state index in [1.165, 1.54) is 17.0 Å². The Labute approximate surface area is 90.1 Å². The standard InChI is InChI=1S/C13H16N2/c14-10-4-7-12-8-9-13(15-12)11-5-2-1-3-6-11/h1-3,5-6,8-9,15H,4,7,10,14H2. The molecule has 1 heterocycles. The summed E-state index contributed by atoms with van der Waals surface area (Å²) in [5.74, 6) is 0. The lowest BCUT2D eigenvalue weighted by atomic mass is 10.2. The molecule has 0 radical (unpaired) electrons. The highest BCUT2D eigenvalue weighted by atomic mass is 14.7. The van der Waals surface area contributed by atoms with Gasteiger partial charge in [0.05, 0.1) is 0 Å². The number of benzene rings is 1. The maximum Gasteiger partial charge on any atom is 0.0456 e. The van der Waals surface area contributed by atoms with Gasteiger partial charge in [0.1, 0.15) is 0 Å². The van der Waals surface area contributed by atoms with Crippen LogP contribution in [0.25, 0.3) is 11.3 Å². The smallest absolute Gasteiger partial charge is 0.0456 e. The van der Waals surface area contributed by atoms with Crippen molar-refractivity contribution in [1.29, 1.82) is 0 Å². The molecule has 2 nitrogen and oxygen atoms in total. The van der Waals surface area contributed by atoms with Gasteiger partial charge in [0, 0.05) is 11.4 Å². The minimum atomic E-state index is 0.750. The van der Waals surface area contributed by atoms with Crippen molar-refractivity contribution in [2.45, 2.75) is 12.8 Å². The molecular formula is C13H16N2. The Morgan fingerprint density at radius 3 is 2.53 bits per heavy atom. The largest absolute Gasteiger partial charge is 0.358 e. The molecule has 0 amide bonds. The first-order valence-electron chi connectivity index (χ1n) is 5.33. The maximum atomic E-state index is 5.48. The van der Waals surface area contributed by atoms with E-state index in [2.05, 4.69) is 41.4 Å². The fraction of sp³-hybridized carbons (Fsp3) is 0.231. The van der Waals surface area contributed by atoms with Gasteiger partial charge in [-0.1, -0.05) is 30.3 Å². The van der Waals surface area contributed by atoms with Crippen LogP contribution in [0.2, 0.25) is 0 Å². The van der Waals surface area contributed by atoms with E-state index in [4.69, 9.17) is 5.73 Å². The molecule has 0 unspecified atom stereocenters. The van der Waals surface area contributed by atoms with E-state index in [1.807, 2.05) is 6.07 Å². The molecule has 1 aromatic carbocycles. The van der Waals surface area contributed by atoms with Gasteiger partial charge in [0.2, 0.25) is 0 Å². The van der Waals surface area contributed by atoms with Crippen LogP contribution in [-0.4, -0.2) is 11.5 Å². The van der Waals surface area contributed by atoms with E-state index in [9.17, 15) is 0 Å². The number of nitrogens with two attached hydrogens (primary N) is 1. The number of nitrogens with one attached hydrogen (secondary N) is 1. The quantitative estimate of drug-likeness (QED) is 0.782. The zero-order chi connectivity index (χ0) is 10.5. The Hall–Kier alpha value is -1.54. The number of aryl methyl sites for hydroxylation is 1. The lowest BCUT2D eigenvalue weighted by Gasteiger charge is -1.98. The van der Waals surface area contributed by atoms with E-state index in [1.54, 1.807) is 0 Å². The van der Waals surface area contributed by atoms with Crippen LogP contribution in [0, 0.1) is 0 Å². The van der Waals surface area contributed by atoms with Crippen molar-refractivity contribution in [3.8, 4) is 11.3 Å². The minimum Gasteiger partial charge on any atom is -0.358 e. The highest BCUT2D eigenvalue weighted by Gasteiger charge is 2.00. The molecule has 2 heteroatoms. The summed E-state index contributed by atoms with van der Waals surface area (Å²) < 4.78 is 0. The molecule has 78 valence electrons. The zero-order valence-corrected chi connectivity index (χ0v) is 8.74. The van der Waals surface area contributed by atoms with E-state index >= 15 is 0 Å². The zero-order valence-electron chi connectivity index (χ0n) is 8.74. The summed E-state index contributed by atoms with van der Waals surface area (Å²) >= 11 is 0. The van der Waals surface area contributed by atoms with Crippen molar-refractivity contribution in [1.82, 2.24) is 4.98 Å². The summed E-state index contributed by atoms with van der Waals surface area (Å²) in [7, 11) is 0. The summed E-state index contributed by atoms with van der Waals surface area (Å²) in [4.78, 5) is 3.41. The van der Waals surface area contributed by atoms with Crippen LogP contribution >= 0.6 is 0 Å². The number of aromatic nitrogens is 1. The van der Waals surface area contributed by atoms with Crippen LogP contribution in [0.1, 0.15) is 12.1 Å². The number of hydrogen-bond donors (Lipinski definition) is 2.